The molecule has 0 bridgehead atoms. The van der Waals surface area contributed by atoms with Gasteiger partial charge in [0.05, 0.1) is 0 Å². The van der Waals surface area contributed by atoms with Crippen LogP contribution in [0.25, 0.3) is 0 Å². The van der Waals surface area contributed by atoms with Gasteiger partial charge in [0.25, 0.3) is 0 Å². The number of rotatable bonds is 10. The van der Waals surface area contributed by atoms with E-state index >= 15 is 0 Å². The van der Waals surface area contributed by atoms with Crippen molar-refractivity contribution in [2.24, 2.45) is 4.99 Å². The Morgan fingerprint density at radius 2 is 1.70 bits per heavy atom. The van der Waals surface area contributed by atoms with Crippen LogP contribution in [-0.4, -0.2) is 80.9 Å². The number of likely N-dealkylation sites (N-methyl/N-ethyl adjacent to an activating group) is 1. The Morgan fingerprint density at radius 1 is 1.04 bits per heavy atom. The fraction of sp³-hybridized carbons (Fsp3) is 0.650. The number of hydrogen-bond donors (Lipinski definition) is 2. The lowest BCUT2D eigenvalue weighted by Crippen LogP contribution is -2.46. The van der Waals surface area contributed by atoms with Crippen LogP contribution in [0.2, 0.25) is 5.02 Å². The third-order valence-electron chi connectivity index (χ3n) is 4.81. The molecule has 152 valence electrons. The molecular formula is C20H34ClN5S. The molecule has 27 heavy (non-hydrogen) atoms. The molecule has 0 radical (unpaired) electrons. The largest absolute Gasteiger partial charge is 0.356 e. The van der Waals surface area contributed by atoms with E-state index in [9.17, 15) is 0 Å². The molecule has 1 aliphatic heterocycles. The van der Waals surface area contributed by atoms with E-state index in [4.69, 9.17) is 11.6 Å². The van der Waals surface area contributed by atoms with Gasteiger partial charge in [-0.15, -0.1) is 11.8 Å². The van der Waals surface area contributed by atoms with Gasteiger partial charge in [0.2, 0.25) is 0 Å². The maximum atomic E-state index is 5.91. The summed E-state index contributed by atoms with van der Waals surface area (Å²) in [5.74, 6) is 1.88. The summed E-state index contributed by atoms with van der Waals surface area (Å²) in [7, 11) is 1.83. The molecule has 1 aliphatic rings. The van der Waals surface area contributed by atoms with Crippen LogP contribution in [0.4, 0.5) is 0 Å². The summed E-state index contributed by atoms with van der Waals surface area (Å²) in [6, 6.07) is 7.98. The maximum Gasteiger partial charge on any atom is 0.191 e. The van der Waals surface area contributed by atoms with Crippen molar-refractivity contribution in [2.45, 2.75) is 24.7 Å². The summed E-state index contributed by atoms with van der Waals surface area (Å²) in [5.41, 5.74) is 0. The van der Waals surface area contributed by atoms with E-state index in [1.54, 1.807) is 0 Å². The highest BCUT2D eigenvalue weighted by atomic mass is 35.5. The zero-order chi connectivity index (χ0) is 19.3. The van der Waals surface area contributed by atoms with Crippen molar-refractivity contribution in [3.8, 4) is 0 Å². The average Bonchev–Trinajstić information content (AvgIpc) is 2.71. The highest BCUT2D eigenvalue weighted by Gasteiger charge is 2.14. The Hall–Kier alpha value is -0.950. The number of halogens is 1. The van der Waals surface area contributed by atoms with E-state index < -0.39 is 0 Å². The number of unbranched alkanes of at least 4 members (excludes halogenated alkanes) is 1. The van der Waals surface area contributed by atoms with Gasteiger partial charge < -0.3 is 20.4 Å². The Morgan fingerprint density at radius 3 is 2.37 bits per heavy atom. The lowest BCUT2D eigenvalue weighted by atomic mass is 10.2. The van der Waals surface area contributed by atoms with Crippen molar-refractivity contribution < 1.29 is 0 Å². The van der Waals surface area contributed by atoms with E-state index in [1.807, 2.05) is 30.9 Å². The lowest BCUT2D eigenvalue weighted by Gasteiger charge is -2.34. The summed E-state index contributed by atoms with van der Waals surface area (Å²) in [4.78, 5) is 10.7. The number of benzene rings is 1. The van der Waals surface area contributed by atoms with Gasteiger partial charge in [-0.25, -0.2) is 0 Å². The van der Waals surface area contributed by atoms with Crippen molar-refractivity contribution in [2.75, 3.05) is 65.2 Å². The van der Waals surface area contributed by atoms with Crippen LogP contribution < -0.4 is 10.6 Å². The number of hydrogen-bond acceptors (Lipinski definition) is 4. The van der Waals surface area contributed by atoms with Crippen molar-refractivity contribution >= 4 is 29.3 Å². The molecule has 0 atom stereocenters. The fourth-order valence-corrected chi connectivity index (χ4v) is 3.98. The number of thioether (sulfide) groups is 1. The molecule has 1 aromatic rings. The predicted molar refractivity (Wildman–Crippen MR) is 119 cm³/mol. The van der Waals surface area contributed by atoms with Crippen molar-refractivity contribution in [3.63, 3.8) is 0 Å². The first-order valence-corrected chi connectivity index (χ1v) is 11.3. The minimum Gasteiger partial charge on any atom is -0.356 e. The molecular weight excluding hydrogens is 378 g/mol. The zero-order valence-corrected chi connectivity index (χ0v) is 18.3. The zero-order valence-electron chi connectivity index (χ0n) is 16.7. The van der Waals surface area contributed by atoms with Crippen LogP contribution in [0.1, 0.15) is 19.8 Å². The molecule has 0 aliphatic carbocycles. The van der Waals surface area contributed by atoms with E-state index in [0.717, 1.165) is 29.8 Å². The van der Waals surface area contributed by atoms with Gasteiger partial charge in [-0.2, -0.15) is 0 Å². The molecule has 1 saturated heterocycles. The minimum absolute atomic E-state index is 0.783. The molecule has 1 aromatic carbocycles. The molecule has 0 unspecified atom stereocenters. The summed E-state index contributed by atoms with van der Waals surface area (Å²) in [6.07, 6.45) is 2.41. The van der Waals surface area contributed by atoms with Crippen molar-refractivity contribution in [1.82, 2.24) is 20.4 Å². The smallest absolute Gasteiger partial charge is 0.191 e. The van der Waals surface area contributed by atoms with Crippen LogP contribution in [0.15, 0.2) is 34.2 Å². The second kappa shape index (κ2) is 13.3. The van der Waals surface area contributed by atoms with Gasteiger partial charge in [-0.05, 0) is 50.2 Å². The van der Waals surface area contributed by atoms with Gasteiger partial charge in [-0.1, -0.05) is 18.5 Å². The van der Waals surface area contributed by atoms with Gasteiger partial charge >= 0.3 is 0 Å². The fourth-order valence-electron chi connectivity index (χ4n) is 3.09. The number of nitrogens with one attached hydrogen (secondary N) is 2. The first kappa shape index (κ1) is 22.3. The highest BCUT2D eigenvalue weighted by Crippen LogP contribution is 2.19. The lowest BCUT2D eigenvalue weighted by molar-refractivity contribution is 0.136. The third-order valence-corrected chi connectivity index (χ3v) is 6.07. The van der Waals surface area contributed by atoms with Crippen LogP contribution in [0.5, 0.6) is 0 Å². The predicted octanol–water partition coefficient (Wildman–Crippen LogP) is 3.01. The third kappa shape index (κ3) is 9.19. The van der Waals surface area contributed by atoms with Crippen molar-refractivity contribution in [3.05, 3.63) is 29.3 Å². The molecule has 5 nitrogen and oxygen atoms in total. The molecule has 0 aromatic heterocycles. The van der Waals surface area contributed by atoms with Gasteiger partial charge in [0.1, 0.15) is 0 Å². The average molecular weight is 412 g/mol. The summed E-state index contributed by atoms with van der Waals surface area (Å²) in [5, 5.41) is 7.58. The first-order chi connectivity index (χ1) is 13.2. The monoisotopic (exact) mass is 411 g/mol. The van der Waals surface area contributed by atoms with Gasteiger partial charge in [0, 0.05) is 62.0 Å². The Balaban J connectivity index is 1.48. The minimum atomic E-state index is 0.783. The van der Waals surface area contributed by atoms with E-state index in [-0.39, 0.29) is 0 Å². The normalized spacial score (nSPS) is 16.5. The highest BCUT2D eigenvalue weighted by molar-refractivity contribution is 7.99. The second-order valence-electron chi connectivity index (χ2n) is 6.71. The van der Waals surface area contributed by atoms with Gasteiger partial charge in [-0.3, -0.25) is 4.99 Å². The number of nitrogens with zero attached hydrogens (tertiary/aromatic N) is 3. The van der Waals surface area contributed by atoms with Gasteiger partial charge in [0.15, 0.2) is 5.96 Å². The maximum absolute atomic E-state index is 5.91. The topological polar surface area (TPSA) is 42.9 Å². The second-order valence-corrected chi connectivity index (χ2v) is 8.32. The first-order valence-electron chi connectivity index (χ1n) is 9.99. The number of aliphatic imine (C=N–C) groups is 1. The van der Waals surface area contributed by atoms with E-state index in [2.05, 4.69) is 44.5 Å². The van der Waals surface area contributed by atoms with Crippen LogP contribution in [0, 0.1) is 0 Å². The molecule has 7 heteroatoms. The van der Waals surface area contributed by atoms with Crippen LogP contribution in [-0.2, 0) is 0 Å². The van der Waals surface area contributed by atoms with E-state index in [0.29, 0.717) is 0 Å². The molecule has 0 spiro atoms. The summed E-state index contributed by atoms with van der Waals surface area (Å²) in [6.45, 7) is 11.4. The summed E-state index contributed by atoms with van der Waals surface area (Å²) >= 11 is 7.73. The van der Waals surface area contributed by atoms with Crippen LogP contribution >= 0.6 is 23.4 Å². The standard InChI is InChI=1S/C20H34ClN5S/c1-3-25-13-15-26(16-14-25)12-5-4-10-23-20(22-2)24-11-17-27-19-8-6-18(21)7-9-19/h6-9H,3-5,10-17H2,1-2H3,(H2,22,23,24). The number of guanidine groups is 1. The molecule has 1 heterocycles. The summed E-state index contributed by atoms with van der Waals surface area (Å²) < 4.78 is 0. The Kier molecular flexibility index (Phi) is 11.0. The molecule has 2 N–H and O–H groups in total. The Bertz CT molecular complexity index is 544. The SMILES string of the molecule is CCN1CCN(CCCCNC(=NC)NCCSc2ccc(Cl)cc2)CC1. The molecule has 0 amide bonds. The van der Waals surface area contributed by atoms with Crippen LogP contribution in [0.3, 0.4) is 0 Å². The molecule has 0 saturated carbocycles. The Labute approximate surface area is 173 Å². The van der Waals surface area contributed by atoms with Crippen molar-refractivity contribution in [1.29, 1.82) is 0 Å². The quantitative estimate of drug-likeness (QED) is 0.268. The molecule has 2 rings (SSSR count). The number of piperazine rings is 1. The van der Waals surface area contributed by atoms with E-state index in [1.165, 1.54) is 57.0 Å². The molecule has 1 fully saturated rings.